The molecule has 4 nitrogen and oxygen atoms in total. The Kier molecular flexibility index (Phi) is 5.21. The lowest BCUT2D eigenvalue weighted by Crippen LogP contribution is -2.46. The molecule has 0 bridgehead atoms. The van der Waals surface area contributed by atoms with Gasteiger partial charge in [0.1, 0.15) is 5.82 Å². The topological polar surface area (TPSA) is 35.6 Å². The van der Waals surface area contributed by atoms with Crippen molar-refractivity contribution in [1.29, 1.82) is 0 Å². The first-order valence-electron chi connectivity index (χ1n) is 9.49. The van der Waals surface area contributed by atoms with Crippen LogP contribution in [0, 0.1) is 5.82 Å². The Bertz CT molecular complexity index is 842. The molecule has 2 aliphatic heterocycles. The predicted octanol–water partition coefficient (Wildman–Crippen LogP) is 3.05. The van der Waals surface area contributed by atoms with E-state index in [0.29, 0.717) is 24.1 Å². The number of halogens is 1. The summed E-state index contributed by atoms with van der Waals surface area (Å²) in [6.45, 7) is 5.13. The fourth-order valence-corrected chi connectivity index (χ4v) is 3.78. The molecule has 0 radical (unpaired) electrons. The maximum Gasteiger partial charge on any atom is 0.247 e. The highest BCUT2D eigenvalue weighted by Gasteiger charge is 2.22. The molecule has 2 saturated heterocycles. The van der Waals surface area contributed by atoms with Gasteiger partial charge in [-0.05, 0) is 30.2 Å². The monoisotopic (exact) mass is 365 g/mol. The average Bonchev–Trinajstić information content (AvgIpc) is 3.10. The lowest BCUT2D eigenvalue weighted by Gasteiger charge is -2.37. The van der Waals surface area contributed by atoms with Crippen molar-refractivity contribution in [2.24, 2.45) is 0 Å². The van der Waals surface area contributed by atoms with Crippen molar-refractivity contribution < 1.29 is 9.18 Å². The number of nitrogens with one attached hydrogen (secondary N) is 1. The van der Waals surface area contributed by atoms with Crippen LogP contribution in [0.3, 0.4) is 0 Å². The lowest BCUT2D eigenvalue weighted by atomic mass is 10.1. The molecule has 0 unspecified atom stereocenters. The molecule has 2 aliphatic rings. The van der Waals surface area contributed by atoms with Crippen molar-refractivity contribution in [2.75, 3.05) is 37.6 Å². The summed E-state index contributed by atoms with van der Waals surface area (Å²) in [6, 6.07) is 15.6. The van der Waals surface area contributed by atoms with Gasteiger partial charge in [0, 0.05) is 56.1 Å². The molecule has 2 fully saturated rings. The Balaban J connectivity index is 1.48. The van der Waals surface area contributed by atoms with Gasteiger partial charge in [-0.25, -0.2) is 4.39 Å². The number of carbonyl (C=O) groups is 1. The summed E-state index contributed by atoms with van der Waals surface area (Å²) in [6.07, 6.45) is 2.38. The van der Waals surface area contributed by atoms with E-state index in [1.54, 1.807) is 12.1 Å². The van der Waals surface area contributed by atoms with Crippen molar-refractivity contribution in [3.8, 4) is 0 Å². The van der Waals surface area contributed by atoms with Crippen molar-refractivity contribution in [1.82, 2.24) is 10.2 Å². The summed E-state index contributed by atoms with van der Waals surface area (Å²) in [5.41, 5.74) is 3.38. The van der Waals surface area contributed by atoms with E-state index >= 15 is 0 Å². The number of anilines is 1. The van der Waals surface area contributed by atoms with E-state index in [1.807, 2.05) is 12.1 Å². The van der Waals surface area contributed by atoms with Crippen LogP contribution in [-0.2, 0) is 11.3 Å². The van der Waals surface area contributed by atoms with Gasteiger partial charge in [-0.1, -0.05) is 36.4 Å². The average molecular weight is 365 g/mol. The van der Waals surface area contributed by atoms with Gasteiger partial charge in [-0.3, -0.25) is 9.69 Å². The van der Waals surface area contributed by atoms with Crippen LogP contribution < -0.4 is 10.2 Å². The Morgan fingerprint density at radius 1 is 1.00 bits per heavy atom. The van der Waals surface area contributed by atoms with Gasteiger partial charge in [0.05, 0.1) is 0 Å². The van der Waals surface area contributed by atoms with Gasteiger partial charge in [-0.2, -0.15) is 0 Å². The normalized spacial score (nSPS) is 19.5. The summed E-state index contributed by atoms with van der Waals surface area (Å²) in [7, 11) is 0. The first kappa shape index (κ1) is 17.7. The summed E-state index contributed by atoms with van der Waals surface area (Å²) in [5.74, 6) is -0.358. The molecular formula is C22H24FN3O. The SMILES string of the molecule is O=C1NCCC1=Cc1c(F)cccc1N1CCN(Cc2ccccc2)CC1. The number of carbonyl (C=O) groups excluding carboxylic acids is 1. The molecule has 4 rings (SSSR count). The number of hydrogen-bond acceptors (Lipinski definition) is 3. The number of piperazine rings is 1. The van der Waals surface area contributed by atoms with Gasteiger partial charge < -0.3 is 10.2 Å². The van der Waals surface area contributed by atoms with Gasteiger partial charge in [0.25, 0.3) is 0 Å². The molecule has 2 aromatic rings. The zero-order valence-corrected chi connectivity index (χ0v) is 15.3. The molecule has 0 aromatic heterocycles. The smallest absolute Gasteiger partial charge is 0.247 e. The molecule has 1 N–H and O–H groups in total. The van der Waals surface area contributed by atoms with Gasteiger partial charge in [0.2, 0.25) is 5.91 Å². The van der Waals surface area contributed by atoms with Crippen LogP contribution in [-0.4, -0.2) is 43.5 Å². The second-order valence-corrected chi connectivity index (χ2v) is 7.10. The van der Waals surface area contributed by atoms with Crippen molar-refractivity contribution >= 4 is 17.7 Å². The van der Waals surface area contributed by atoms with Crippen LogP contribution in [0.25, 0.3) is 6.08 Å². The van der Waals surface area contributed by atoms with Gasteiger partial charge >= 0.3 is 0 Å². The third-order valence-electron chi connectivity index (χ3n) is 5.28. The largest absolute Gasteiger partial charge is 0.368 e. The fourth-order valence-electron chi connectivity index (χ4n) is 3.78. The summed E-state index contributed by atoms with van der Waals surface area (Å²) < 4.78 is 14.5. The minimum Gasteiger partial charge on any atom is -0.368 e. The van der Waals surface area contributed by atoms with E-state index in [9.17, 15) is 9.18 Å². The first-order valence-corrected chi connectivity index (χ1v) is 9.49. The third kappa shape index (κ3) is 4.03. The second-order valence-electron chi connectivity index (χ2n) is 7.10. The summed E-state index contributed by atoms with van der Waals surface area (Å²) >= 11 is 0. The zero-order chi connectivity index (χ0) is 18.6. The van der Waals surface area contributed by atoms with Crippen LogP contribution in [0.15, 0.2) is 54.1 Å². The van der Waals surface area contributed by atoms with E-state index in [1.165, 1.54) is 11.6 Å². The molecule has 1 amide bonds. The van der Waals surface area contributed by atoms with E-state index in [2.05, 4.69) is 39.4 Å². The molecule has 0 atom stereocenters. The molecule has 0 aliphatic carbocycles. The Morgan fingerprint density at radius 2 is 1.78 bits per heavy atom. The highest BCUT2D eigenvalue weighted by Crippen LogP contribution is 2.28. The van der Waals surface area contributed by atoms with Crippen LogP contribution in [0.5, 0.6) is 0 Å². The maximum absolute atomic E-state index is 14.5. The lowest BCUT2D eigenvalue weighted by molar-refractivity contribution is -0.116. The standard InChI is InChI=1S/C22H24FN3O/c23-20-7-4-8-21(19(20)15-18-9-10-24-22(18)27)26-13-11-25(12-14-26)16-17-5-2-1-3-6-17/h1-8,15H,9-14,16H2,(H,24,27). The molecule has 27 heavy (non-hydrogen) atoms. The quantitative estimate of drug-likeness (QED) is 0.846. The Labute approximate surface area is 159 Å². The summed E-state index contributed by atoms with van der Waals surface area (Å²) in [4.78, 5) is 16.5. The van der Waals surface area contributed by atoms with Gasteiger partial charge in [0.15, 0.2) is 0 Å². The molecule has 140 valence electrons. The highest BCUT2D eigenvalue weighted by molar-refractivity contribution is 6.00. The van der Waals surface area contributed by atoms with Gasteiger partial charge in [-0.15, -0.1) is 0 Å². The molecule has 2 heterocycles. The fraction of sp³-hybridized carbons (Fsp3) is 0.318. The molecule has 2 aromatic carbocycles. The third-order valence-corrected chi connectivity index (χ3v) is 5.28. The highest BCUT2D eigenvalue weighted by atomic mass is 19.1. The summed E-state index contributed by atoms with van der Waals surface area (Å²) in [5, 5.41) is 2.79. The number of nitrogens with zero attached hydrogens (tertiary/aromatic N) is 2. The minimum absolute atomic E-state index is 0.0862. The molecular weight excluding hydrogens is 341 g/mol. The molecule has 0 saturated carbocycles. The van der Waals surface area contributed by atoms with Crippen LogP contribution in [0.1, 0.15) is 17.5 Å². The van der Waals surface area contributed by atoms with Crippen LogP contribution in [0.2, 0.25) is 0 Å². The van der Waals surface area contributed by atoms with Crippen LogP contribution in [0.4, 0.5) is 10.1 Å². The minimum atomic E-state index is -0.272. The van der Waals surface area contributed by atoms with Crippen molar-refractivity contribution in [3.05, 3.63) is 71.0 Å². The predicted molar refractivity (Wildman–Crippen MR) is 106 cm³/mol. The van der Waals surface area contributed by atoms with Crippen molar-refractivity contribution in [2.45, 2.75) is 13.0 Å². The van der Waals surface area contributed by atoms with Crippen molar-refractivity contribution in [3.63, 3.8) is 0 Å². The number of amides is 1. The Hall–Kier alpha value is -2.66. The van der Waals surface area contributed by atoms with Crippen LogP contribution >= 0.6 is 0 Å². The van der Waals surface area contributed by atoms with E-state index in [0.717, 1.165) is 38.4 Å². The first-order chi connectivity index (χ1) is 13.2. The second kappa shape index (κ2) is 7.92. The zero-order valence-electron chi connectivity index (χ0n) is 15.3. The number of rotatable bonds is 4. The molecule has 0 spiro atoms. The van der Waals surface area contributed by atoms with E-state index in [4.69, 9.17) is 0 Å². The van der Waals surface area contributed by atoms with E-state index < -0.39 is 0 Å². The van der Waals surface area contributed by atoms with E-state index in [-0.39, 0.29) is 11.7 Å². The molecule has 5 heteroatoms. The number of hydrogen-bond donors (Lipinski definition) is 1. The Morgan fingerprint density at radius 3 is 2.48 bits per heavy atom. The number of benzene rings is 2. The maximum atomic E-state index is 14.5.